The highest BCUT2D eigenvalue weighted by Crippen LogP contribution is 2.16. The molecule has 1 saturated heterocycles. The van der Waals surface area contributed by atoms with E-state index in [4.69, 9.17) is 9.47 Å². The molecule has 1 atom stereocenters. The second-order valence-corrected chi connectivity index (χ2v) is 3.86. The van der Waals surface area contributed by atoms with Gasteiger partial charge < -0.3 is 9.47 Å². The molecule has 1 heterocycles. The zero-order chi connectivity index (χ0) is 11.4. The van der Waals surface area contributed by atoms with Crippen LogP contribution in [-0.2, 0) is 16.1 Å². The maximum atomic E-state index is 12.9. The summed E-state index contributed by atoms with van der Waals surface area (Å²) in [5.74, 6) is -1.68. The van der Waals surface area contributed by atoms with Gasteiger partial charge in [-0.2, -0.15) is 0 Å². The molecular formula is C12H14F2O2. The Labute approximate surface area is 93.2 Å². The highest BCUT2D eigenvalue weighted by atomic mass is 19.2. The Kier molecular flexibility index (Phi) is 3.85. The first-order chi connectivity index (χ1) is 7.75. The summed E-state index contributed by atoms with van der Waals surface area (Å²) in [4.78, 5) is 0. The van der Waals surface area contributed by atoms with Gasteiger partial charge in [0.15, 0.2) is 17.9 Å². The van der Waals surface area contributed by atoms with Gasteiger partial charge in [0.2, 0.25) is 0 Å². The fraction of sp³-hybridized carbons (Fsp3) is 0.500. The van der Waals surface area contributed by atoms with E-state index in [1.807, 2.05) is 0 Å². The van der Waals surface area contributed by atoms with E-state index < -0.39 is 11.6 Å². The summed E-state index contributed by atoms with van der Waals surface area (Å²) in [6.07, 6.45) is 2.80. The van der Waals surface area contributed by atoms with Crippen molar-refractivity contribution in [3.63, 3.8) is 0 Å². The van der Waals surface area contributed by atoms with Crippen LogP contribution in [0.25, 0.3) is 0 Å². The highest BCUT2D eigenvalue weighted by Gasteiger charge is 2.14. The molecule has 16 heavy (non-hydrogen) atoms. The molecule has 0 saturated carbocycles. The van der Waals surface area contributed by atoms with Crippen LogP contribution in [0.2, 0.25) is 0 Å². The van der Waals surface area contributed by atoms with Crippen molar-refractivity contribution in [2.45, 2.75) is 32.2 Å². The lowest BCUT2D eigenvalue weighted by molar-refractivity contribution is -0.168. The zero-order valence-electron chi connectivity index (χ0n) is 8.92. The van der Waals surface area contributed by atoms with Gasteiger partial charge in [-0.25, -0.2) is 8.78 Å². The molecule has 0 spiro atoms. The predicted molar refractivity (Wildman–Crippen MR) is 54.7 cm³/mol. The number of hydrogen-bond acceptors (Lipinski definition) is 2. The Morgan fingerprint density at radius 2 is 2.12 bits per heavy atom. The van der Waals surface area contributed by atoms with Crippen LogP contribution in [0.15, 0.2) is 18.2 Å². The third kappa shape index (κ3) is 3.00. The topological polar surface area (TPSA) is 18.5 Å². The Morgan fingerprint density at radius 3 is 2.81 bits per heavy atom. The third-order valence-corrected chi connectivity index (χ3v) is 2.56. The van der Waals surface area contributed by atoms with Gasteiger partial charge in [-0.05, 0) is 37.0 Å². The van der Waals surface area contributed by atoms with Gasteiger partial charge in [0, 0.05) is 6.61 Å². The smallest absolute Gasteiger partial charge is 0.159 e. The van der Waals surface area contributed by atoms with Gasteiger partial charge >= 0.3 is 0 Å². The minimum atomic E-state index is -0.842. The quantitative estimate of drug-likeness (QED) is 0.791. The molecule has 4 heteroatoms. The molecule has 1 unspecified atom stereocenters. The monoisotopic (exact) mass is 228 g/mol. The summed E-state index contributed by atoms with van der Waals surface area (Å²) in [5, 5.41) is 0. The van der Waals surface area contributed by atoms with Crippen LogP contribution in [0.3, 0.4) is 0 Å². The van der Waals surface area contributed by atoms with E-state index in [0.717, 1.165) is 31.4 Å². The van der Waals surface area contributed by atoms with Crippen molar-refractivity contribution in [2.75, 3.05) is 6.61 Å². The van der Waals surface area contributed by atoms with Crippen molar-refractivity contribution in [3.8, 4) is 0 Å². The normalized spacial score (nSPS) is 21.0. The third-order valence-electron chi connectivity index (χ3n) is 2.56. The average molecular weight is 228 g/mol. The van der Waals surface area contributed by atoms with Crippen molar-refractivity contribution >= 4 is 0 Å². The molecule has 0 amide bonds. The average Bonchev–Trinajstić information content (AvgIpc) is 2.32. The molecule has 2 rings (SSSR count). The first-order valence-electron chi connectivity index (χ1n) is 5.43. The summed E-state index contributed by atoms with van der Waals surface area (Å²) in [6.45, 7) is 0.963. The number of hydrogen-bond donors (Lipinski definition) is 0. The molecule has 0 bridgehead atoms. The van der Waals surface area contributed by atoms with Crippen LogP contribution in [0, 0.1) is 11.6 Å². The lowest BCUT2D eigenvalue weighted by Crippen LogP contribution is -2.22. The number of ether oxygens (including phenoxy) is 2. The van der Waals surface area contributed by atoms with Crippen molar-refractivity contribution in [1.82, 2.24) is 0 Å². The molecular weight excluding hydrogens is 214 g/mol. The summed E-state index contributed by atoms with van der Waals surface area (Å²) >= 11 is 0. The molecule has 0 aromatic heterocycles. The molecule has 88 valence electrons. The second-order valence-electron chi connectivity index (χ2n) is 3.86. The van der Waals surface area contributed by atoms with E-state index in [9.17, 15) is 8.78 Å². The van der Waals surface area contributed by atoms with Crippen LogP contribution in [-0.4, -0.2) is 12.9 Å². The van der Waals surface area contributed by atoms with Gasteiger partial charge in [-0.1, -0.05) is 6.07 Å². The van der Waals surface area contributed by atoms with Gasteiger partial charge in [-0.15, -0.1) is 0 Å². The van der Waals surface area contributed by atoms with Crippen molar-refractivity contribution in [2.24, 2.45) is 0 Å². The fourth-order valence-electron chi connectivity index (χ4n) is 1.66. The van der Waals surface area contributed by atoms with Crippen molar-refractivity contribution in [1.29, 1.82) is 0 Å². The summed E-state index contributed by atoms with van der Waals surface area (Å²) in [6, 6.07) is 3.77. The molecule has 1 aromatic carbocycles. The zero-order valence-corrected chi connectivity index (χ0v) is 8.92. The van der Waals surface area contributed by atoms with Crippen LogP contribution in [0.5, 0.6) is 0 Å². The minimum absolute atomic E-state index is 0.207. The first kappa shape index (κ1) is 11.5. The SMILES string of the molecule is Fc1ccc(COC2CCCCO2)cc1F. The maximum absolute atomic E-state index is 12.9. The molecule has 1 fully saturated rings. The van der Waals surface area contributed by atoms with Crippen LogP contribution in [0.4, 0.5) is 8.78 Å². The van der Waals surface area contributed by atoms with Crippen LogP contribution >= 0.6 is 0 Å². The number of benzene rings is 1. The lowest BCUT2D eigenvalue weighted by atomic mass is 10.2. The van der Waals surface area contributed by atoms with E-state index >= 15 is 0 Å². The molecule has 0 aliphatic carbocycles. The minimum Gasteiger partial charge on any atom is -0.353 e. The maximum Gasteiger partial charge on any atom is 0.159 e. The van der Waals surface area contributed by atoms with E-state index in [-0.39, 0.29) is 12.9 Å². The molecule has 0 N–H and O–H groups in total. The van der Waals surface area contributed by atoms with Gasteiger partial charge in [0.25, 0.3) is 0 Å². The van der Waals surface area contributed by atoms with Crippen LogP contribution < -0.4 is 0 Å². The Hall–Kier alpha value is -1.00. The molecule has 2 nitrogen and oxygen atoms in total. The molecule has 0 radical (unpaired) electrons. The fourth-order valence-corrected chi connectivity index (χ4v) is 1.66. The summed E-state index contributed by atoms with van der Waals surface area (Å²) in [7, 11) is 0. The Morgan fingerprint density at radius 1 is 1.25 bits per heavy atom. The van der Waals surface area contributed by atoms with Gasteiger partial charge in [0.1, 0.15) is 0 Å². The van der Waals surface area contributed by atoms with Crippen molar-refractivity contribution in [3.05, 3.63) is 35.4 Å². The van der Waals surface area contributed by atoms with Crippen LogP contribution in [0.1, 0.15) is 24.8 Å². The molecule has 1 aromatic rings. The summed E-state index contributed by atoms with van der Waals surface area (Å²) in [5.41, 5.74) is 0.619. The van der Waals surface area contributed by atoms with E-state index in [2.05, 4.69) is 0 Å². The van der Waals surface area contributed by atoms with Gasteiger partial charge in [0.05, 0.1) is 6.61 Å². The van der Waals surface area contributed by atoms with E-state index in [1.54, 1.807) is 0 Å². The number of halogens is 2. The predicted octanol–water partition coefficient (Wildman–Crippen LogP) is 3.01. The van der Waals surface area contributed by atoms with E-state index in [1.165, 1.54) is 6.07 Å². The second kappa shape index (κ2) is 5.37. The van der Waals surface area contributed by atoms with Crippen molar-refractivity contribution < 1.29 is 18.3 Å². The largest absolute Gasteiger partial charge is 0.353 e. The Bertz CT molecular complexity index is 349. The Balaban J connectivity index is 1.86. The first-order valence-corrected chi connectivity index (χ1v) is 5.43. The highest BCUT2D eigenvalue weighted by molar-refractivity contribution is 5.16. The summed E-state index contributed by atoms with van der Waals surface area (Å²) < 4.78 is 36.4. The molecule has 1 aliphatic heterocycles. The lowest BCUT2D eigenvalue weighted by Gasteiger charge is -2.22. The standard InChI is InChI=1S/C12H14F2O2/c13-10-5-4-9(7-11(10)14)8-16-12-3-1-2-6-15-12/h4-5,7,12H,1-3,6,8H2. The van der Waals surface area contributed by atoms with Gasteiger partial charge in [-0.3, -0.25) is 0 Å². The number of rotatable bonds is 3. The van der Waals surface area contributed by atoms with E-state index in [0.29, 0.717) is 12.2 Å². The molecule has 1 aliphatic rings.